The molecule has 0 bridgehead atoms. The predicted octanol–water partition coefficient (Wildman–Crippen LogP) is 9.06. The Kier molecular flexibility index (Phi) is 21.0. The van der Waals surface area contributed by atoms with Crippen LogP contribution in [0.15, 0.2) is 90.2 Å². The third-order valence-electron chi connectivity index (χ3n) is 13.7. The molecule has 1 N–H and O–H groups in total. The Bertz CT molecular complexity index is 2790. The minimum absolute atomic E-state index is 0.0141. The van der Waals surface area contributed by atoms with Crippen LogP contribution in [0.5, 0.6) is 11.5 Å². The third kappa shape index (κ3) is 15.4. The molecule has 3 amide bonds. The van der Waals surface area contributed by atoms with E-state index in [0.29, 0.717) is 76.3 Å². The van der Waals surface area contributed by atoms with Gasteiger partial charge in [0, 0.05) is 83.4 Å². The van der Waals surface area contributed by atoms with Crippen LogP contribution in [-0.2, 0) is 57.2 Å². The number of fused-ring (bicyclic) bond motifs is 2. The molecule has 78 heavy (non-hydrogen) atoms. The fourth-order valence-electron chi connectivity index (χ4n) is 9.84. The van der Waals surface area contributed by atoms with E-state index in [2.05, 4.69) is 9.24 Å². The summed E-state index contributed by atoms with van der Waals surface area (Å²) in [6.45, 7) is 11.0. The number of carboxylic acid groups (broad SMARTS) is 1. The van der Waals surface area contributed by atoms with Crippen molar-refractivity contribution in [3.63, 3.8) is 0 Å². The molecule has 3 aromatic carbocycles. The average molecular weight is 1120 g/mol. The number of nitrogens with zero attached hydrogens (tertiary/aromatic N) is 3. The highest BCUT2D eigenvalue weighted by atomic mass is 35.5. The number of hydrogen-bond donors (Lipinski definition) is 1. The third-order valence-corrected chi connectivity index (χ3v) is 14.2. The number of para-hydroxylation sites is 1. The van der Waals surface area contributed by atoms with E-state index in [4.69, 9.17) is 49.5 Å². The number of anilines is 2. The molecule has 20 heteroatoms. The second-order valence-corrected chi connectivity index (χ2v) is 22.0. The zero-order chi connectivity index (χ0) is 57.1. The van der Waals surface area contributed by atoms with Crippen LogP contribution in [0, 0.1) is 23.7 Å². The summed E-state index contributed by atoms with van der Waals surface area (Å²) >= 11 is 6.63. The molecule has 6 rings (SSSR count). The lowest BCUT2D eigenvalue weighted by Crippen LogP contribution is -2.48. The van der Waals surface area contributed by atoms with Gasteiger partial charge in [0.15, 0.2) is 23.0 Å². The van der Waals surface area contributed by atoms with Gasteiger partial charge in [0.25, 0.3) is 11.8 Å². The van der Waals surface area contributed by atoms with Gasteiger partial charge < -0.3 is 57.7 Å². The summed E-state index contributed by atoms with van der Waals surface area (Å²) in [7, 11) is 8.45. The van der Waals surface area contributed by atoms with Gasteiger partial charge in [-0.3, -0.25) is 28.8 Å². The number of ether oxygens (including phenoxy) is 8. The summed E-state index contributed by atoms with van der Waals surface area (Å²) in [4.78, 5) is 86.8. The molecule has 1 fully saturated rings. The largest absolute Gasteiger partial charge is 0.493 e. The number of carbonyl (C=O) groups is 6. The maximum atomic E-state index is 15.2. The van der Waals surface area contributed by atoms with Gasteiger partial charge in [0.05, 0.1) is 54.5 Å². The first-order valence-electron chi connectivity index (χ1n) is 25.7. The lowest BCUT2D eigenvalue weighted by Gasteiger charge is -2.35. The number of carbonyl (C=O) groups excluding carboxylic acids is 5. The lowest BCUT2D eigenvalue weighted by molar-refractivity contribution is -0.154. The summed E-state index contributed by atoms with van der Waals surface area (Å²) in [5, 5.41) is 9.75. The van der Waals surface area contributed by atoms with Crippen LogP contribution < -0.4 is 19.3 Å². The fraction of sp³-hybridized carbons (Fsp3) is 0.483. The van der Waals surface area contributed by atoms with Gasteiger partial charge in [-0.15, -0.1) is 9.24 Å². The van der Waals surface area contributed by atoms with E-state index in [9.17, 15) is 29.1 Å². The molecule has 1 saturated heterocycles. The zero-order valence-electron chi connectivity index (χ0n) is 46.1. The first-order chi connectivity index (χ1) is 37.0. The number of methoxy groups -OCH3 is 4. The van der Waals surface area contributed by atoms with Gasteiger partial charge >= 0.3 is 17.9 Å². The molecular weight excluding hydrogens is 1050 g/mol. The lowest BCUT2D eigenvalue weighted by atomic mass is 9.92. The molecule has 18 nitrogen and oxygen atoms in total. The first kappa shape index (κ1) is 60.8. The predicted molar refractivity (Wildman–Crippen MR) is 296 cm³/mol. The Labute approximate surface area is 464 Å². The van der Waals surface area contributed by atoms with Crippen molar-refractivity contribution in [2.75, 3.05) is 77.6 Å². The summed E-state index contributed by atoms with van der Waals surface area (Å²) in [6, 6.07) is 16.0. The number of amides is 3. The summed E-state index contributed by atoms with van der Waals surface area (Å²) < 4.78 is 47.9. The van der Waals surface area contributed by atoms with Gasteiger partial charge in [-0.1, -0.05) is 81.0 Å². The van der Waals surface area contributed by atoms with Gasteiger partial charge in [-0.25, -0.2) is 0 Å². The Morgan fingerprint density at radius 1 is 0.769 bits per heavy atom. The molecular formula is C58H73ClN3O15P. The monoisotopic (exact) mass is 1120 g/mol. The number of halogens is 1. The van der Waals surface area contributed by atoms with Gasteiger partial charge in [0.2, 0.25) is 5.91 Å². The summed E-state index contributed by atoms with van der Waals surface area (Å²) in [5.41, 5.74) is 1.73. The minimum Gasteiger partial charge on any atom is -0.493 e. The van der Waals surface area contributed by atoms with Crippen molar-refractivity contribution in [1.29, 1.82) is 0 Å². The van der Waals surface area contributed by atoms with E-state index >= 15 is 4.79 Å². The number of esters is 2. The van der Waals surface area contributed by atoms with Crippen molar-refractivity contribution in [3.05, 3.63) is 117 Å². The maximum absolute atomic E-state index is 15.2. The SMILES string of the molecule is COC(=C\[C@H]1O[C@H](CC(=O)OCC(C)(C)CN2C(=O)[C@@H](CC(=O)N3CCC(CC(=O)O)CC3)O[C@H](c3cccc(OC)c3OC)c3cc(C)ccc32)C(=O)N(CC(C)(C)COC(C)=O)c2ccc(Cl)cc21)/C(=C\C=C/P)OC. The first-order valence-corrected chi connectivity index (χ1v) is 26.8. The standard InChI is InChI=1S/C58H73ClN3O15P/c1-35-16-18-43-41(25-35)53(39-13-11-14-45(71-8)54(39)73-10)77-48(29-50(64)60-22-20-37(21-23-60)26-51(65)66)55(68)62(43)32-58(5,6)34-75-52(67)30-49-56(69)61(31-57(3,4)33-74-36(2)63)42-19-17-38(59)27-40(42)46(76-49)28-47(72-9)44(70-7)15-12-24-78/h11-19,24-25,27-28,37,46,48-49,53H,20-23,26,29-34,78H2,1-10H3,(H,65,66)/b24-12-,44-15+,47-28-/t46-,48-,49-,53-/m1/s1. The minimum atomic E-state index is -1.43. The number of aliphatic carboxylic acids is 1. The Morgan fingerprint density at radius 2 is 1.38 bits per heavy atom. The number of hydrogen-bond acceptors (Lipinski definition) is 14. The van der Waals surface area contributed by atoms with E-state index < -0.39 is 71.4 Å². The highest BCUT2D eigenvalue weighted by Gasteiger charge is 2.44. The molecule has 0 aromatic heterocycles. The number of benzene rings is 3. The quantitative estimate of drug-likeness (QED) is 0.0431. The van der Waals surface area contributed by atoms with E-state index in [-0.39, 0.29) is 56.7 Å². The molecule has 0 spiro atoms. The topological polar surface area (TPSA) is 206 Å². The van der Waals surface area contributed by atoms with Crippen LogP contribution in [0.2, 0.25) is 5.02 Å². The zero-order valence-corrected chi connectivity index (χ0v) is 48.0. The number of carboxylic acids is 1. The molecule has 3 aliphatic rings. The van der Waals surface area contributed by atoms with Crippen LogP contribution in [0.3, 0.4) is 0 Å². The molecule has 0 radical (unpaired) electrons. The van der Waals surface area contributed by atoms with Gasteiger partial charge in [-0.05, 0) is 68.2 Å². The second kappa shape index (κ2) is 26.9. The van der Waals surface area contributed by atoms with Crippen LogP contribution in [0.1, 0.15) is 101 Å². The Morgan fingerprint density at radius 3 is 1.97 bits per heavy atom. The Balaban J connectivity index is 1.32. The molecule has 422 valence electrons. The van der Waals surface area contributed by atoms with E-state index in [0.717, 1.165) is 5.56 Å². The molecule has 3 heterocycles. The van der Waals surface area contributed by atoms with Gasteiger partial charge in [-0.2, -0.15) is 0 Å². The number of allylic oxidation sites excluding steroid dienone is 2. The van der Waals surface area contributed by atoms with E-state index in [1.54, 1.807) is 64.2 Å². The van der Waals surface area contributed by atoms with Crippen LogP contribution in [0.25, 0.3) is 0 Å². The molecule has 0 saturated carbocycles. The molecule has 5 atom stereocenters. The highest BCUT2D eigenvalue weighted by molar-refractivity contribution is 7.20. The molecule has 3 aliphatic heterocycles. The highest BCUT2D eigenvalue weighted by Crippen LogP contribution is 2.46. The number of rotatable bonds is 22. The normalized spacial score (nSPS) is 19.6. The molecule has 1 unspecified atom stereocenters. The van der Waals surface area contributed by atoms with Crippen molar-refractivity contribution >= 4 is 67.8 Å². The smallest absolute Gasteiger partial charge is 0.308 e. The molecule has 0 aliphatic carbocycles. The molecule has 3 aromatic rings. The van der Waals surface area contributed by atoms with E-state index in [1.165, 1.54) is 40.3 Å². The number of likely N-dealkylation sites (tertiary alicyclic amines) is 1. The van der Waals surface area contributed by atoms with Crippen molar-refractivity contribution in [1.82, 2.24) is 4.90 Å². The van der Waals surface area contributed by atoms with Crippen LogP contribution in [-0.4, -0.2) is 126 Å². The summed E-state index contributed by atoms with van der Waals surface area (Å²) in [5.74, 6) is -0.443. The average Bonchev–Trinajstić information content (AvgIpc) is 3.60. The van der Waals surface area contributed by atoms with Crippen molar-refractivity contribution in [2.24, 2.45) is 16.7 Å². The fourth-order valence-corrected chi connectivity index (χ4v) is 10.1. The maximum Gasteiger partial charge on any atom is 0.308 e. The van der Waals surface area contributed by atoms with Crippen molar-refractivity contribution < 1.29 is 71.8 Å². The summed E-state index contributed by atoms with van der Waals surface area (Å²) in [6.07, 6.45) is 0.550. The van der Waals surface area contributed by atoms with Crippen molar-refractivity contribution in [2.45, 2.75) is 98.1 Å². The van der Waals surface area contributed by atoms with Crippen LogP contribution in [0.4, 0.5) is 11.4 Å². The second-order valence-electron chi connectivity index (χ2n) is 21.2. The number of aryl methyl sites for hydroxylation is 1. The number of piperidine rings is 1. The van der Waals surface area contributed by atoms with E-state index in [1.807, 2.05) is 58.9 Å². The van der Waals surface area contributed by atoms with Crippen LogP contribution >= 0.6 is 20.8 Å². The van der Waals surface area contributed by atoms with Crippen molar-refractivity contribution in [3.8, 4) is 11.5 Å². The Hall–Kier alpha value is -6.46. The van der Waals surface area contributed by atoms with Gasteiger partial charge in [0.1, 0.15) is 24.4 Å².